The monoisotopic (exact) mass is 386 g/mol. The smallest absolute Gasteiger partial charge is 0.307 e. The summed E-state index contributed by atoms with van der Waals surface area (Å²) >= 11 is 0. The number of rotatable bonds is 1. The van der Waals surface area contributed by atoms with Gasteiger partial charge in [0, 0.05) is 25.2 Å². The normalized spacial score (nSPS) is 45.6. The zero-order chi connectivity index (χ0) is 20.5. The number of allylic oxidation sites excluding steroid dienone is 4. The maximum atomic E-state index is 12.5. The molecule has 0 radical (unpaired) electrons. The first-order valence-corrected chi connectivity index (χ1v) is 10.9. The van der Waals surface area contributed by atoms with E-state index in [0.717, 1.165) is 44.3 Å². The minimum Gasteiger partial charge on any atom is -0.431 e. The SMILES string of the molecule is CC(=O)OC1=CC2=C(C)CC3C(CCC4(C)C3CCC(=O)C4(C)O)C2(C)CC1. The number of aliphatic hydroxyl groups is 1. The summed E-state index contributed by atoms with van der Waals surface area (Å²) in [6.07, 6.45) is 8.30. The Bertz CT molecular complexity index is 788. The third-order valence-corrected chi connectivity index (χ3v) is 9.07. The topological polar surface area (TPSA) is 63.6 Å². The lowest BCUT2D eigenvalue weighted by Crippen LogP contribution is -2.63. The van der Waals surface area contributed by atoms with Crippen LogP contribution in [0.3, 0.4) is 0 Å². The van der Waals surface area contributed by atoms with Crippen molar-refractivity contribution in [2.24, 2.45) is 28.6 Å². The van der Waals surface area contributed by atoms with E-state index >= 15 is 0 Å². The van der Waals surface area contributed by atoms with Crippen molar-refractivity contribution in [2.45, 2.75) is 85.2 Å². The largest absolute Gasteiger partial charge is 0.431 e. The predicted octanol–water partition coefficient (Wildman–Crippen LogP) is 4.72. The molecule has 0 bridgehead atoms. The molecule has 2 fully saturated rings. The molecule has 28 heavy (non-hydrogen) atoms. The maximum absolute atomic E-state index is 12.5. The van der Waals surface area contributed by atoms with Crippen LogP contribution in [-0.4, -0.2) is 22.5 Å². The Kier molecular flexibility index (Phi) is 4.46. The molecule has 1 N–H and O–H groups in total. The Morgan fingerprint density at radius 3 is 2.54 bits per heavy atom. The van der Waals surface area contributed by atoms with Gasteiger partial charge in [0.25, 0.3) is 0 Å². The van der Waals surface area contributed by atoms with Gasteiger partial charge in [-0.3, -0.25) is 9.59 Å². The number of hydrogen-bond acceptors (Lipinski definition) is 4. The molecule has 0 spiro atoms. The van der Waals surface area contributed by atoms with E-state index in [0.29, 0.717) is 24.2 Å². The van der Waals surface area contributed by atoms with Crippen molar-refractivity contribution in [2.75, 3.05) is 0 Å². The van der Waals surface area contributed by atoms with E-state index in [4.69, 9.17) is 4.74 Å². The summed E-state index contributed by atoms with van der Waals surface area (Å²) in [4.78, 5) is 23.9. The molecule has 6 unspecified atom stereocenters. The van der Waals surface area contributed by atoms with Crippen LogP contribution in [0.5, 0.6) is 0 Å². The molecular weight excluding hydrogens is 352 g/mol. The molecule has 154 valence electrons. The Hall–Kier alpha value is -1.42. The number of Topliss-reactive ketones (excluding diaryl/α,β-unsaturated/α-hetero) is 1. The van der Waals surface area contributed by atoms with E-state index in [1.54, 1.807) is 6.92 Å². The Morgan fingerprint density at radius 2 is 1.86 bits per heavy atom. The first-order valence-electron chi connectivity index (χ1n) is 10.9. The van der Waals surface area contributed by atoms with Crippen LogP contribution in [-0.2, 0) is 14.3 Å². The second-order valence-electron chi connectivity index (χ2n) is 10.4. The van der Waals surface area contributed by atoms with Crippen molar-refractivity contribution in [3.05, 3.63) is 23.0 Å². The highest BCUT2D eigenvalue weighted by molar-refractivity contribution is 5.88. The summed E-state index contributed by atoms with van der Waals surface area (Å²) in [7, 11) is 0. The highest BCUT2D eigenvalue weighted by atomic mass is 16.5. The number of ketones is 1. The highest BCUT2D eigenvalue weighted by Crippen LogP contribution is 2.66. The van der Waals surface area contributed by atoms with Gasteiger partial charge in [0.05, 0.1) is 0 Å². The maximum Gasteiger partial charge on any atom is 0.307 e. The second kappa shape index (κ2) is 6.29. The van der Waals surface area contributed by atoms with Crippen LogP contribution in [0.25, 0.3) is 0 Å². The summed E-state index contributed by atoms with van der Waals surface area (Å²) in [5.74, 6) is 2.02. The molecule has 0 aromatic rings. The zero-order valence-electron chi connectivity index (χ0n) is 17.9. The summed E-state index contributed by atoms with van der Waals surface area (Å²) in [6, 6.07) is 0. The third-order valence-electron chi connectivity index (χ3n) is 9.07. The van der Waals surface area contributed by atoms with Gasteiger partial charge in [-0.1, -0.05) is 19.4 Å². The molecule has 4 heteroatoms. The van der Waals surface area contributed by atoms with Crippen molar-refractivity contribution in [1.29, 1.82) is 0 Å². The Balaban J connectivity index is 1.73. The van der Waals surface area contributed by atoms with Crippen molar-refractivity contribution in [1.82, 2.24) is 0 Å². The van der Waals surface area contributed by atoms with Gasteiger partial charge in [0.15, 0.2) is 5.78 Å². The summed E-state index contributed by atoms with van der Waals surface area (Å²) in [5, 5.41) is 11.1. The highest BCUT2D eigenvalue weighted by Gasteiger charge is 2.63. The molecule has 2 saturated carbocycles. The van der Waals surface area contributed by atoms with E-state index in [2.05, 4.69) is 26.8 Å². The Morgan fingerprint density at radius 1 is 1.14 bits per heavy atom. The van der Waals surface area contributed by atoms with E-state index < -0.39 is 5.60 Å². The molecule has 6 atom stereocenters. The molecule has 0 aromatic carbocycles. The van der Waals surface area contributed by atoms with Crippen molar-refractivity contribution >= 4 is 11.8 Å². The number of esters is 1. The van der Waals surface area contributed by atoms with E-state index in [1.807, 2.05) is 0 Å². The van der Waals surface area contributed by atoms with E-state index in [9.17, 15) is 14.7 Å². The van der Waals surface area contributed by atoms with Crippen LogP contribution in [0.4, 0.5) is 0 Å². The zero-order valence-corrected chi connectivity index (χ0v) is 17.9. The molecule has 0 saturated heterocycles. The fraction of sp³-hybridized carbons (Fsp3) is 0.750. The fourth-order valence-electron chi connectivity index (χ4n) is 7.31. The first kappa shape index (κ1) is 19.9. The van der Waals surface area contributed by atoms with Gasteiger partial charge in [-0.05, 0) is 80.8 Å². The summed E-state index contributed by atoms with van der Waals surface area (Å²) in [6.45, 7) is 9.98. The molecule has 0 heterocycles. The van der Waals surface area contributed by atoms with Gasteiger partial charge in [-0.25, -0.2) is 0 Å². The minimum absolute atomic E-state index is 0.0197. The number of carbonyl (C=O) groups is 2. The van der Waals surface area contributed by atoms with Crippen LogP contribution >= 0.6 is 0 Å². The van der Waals surface area contributed by atoms with Gasteiger partial charge in [0.2, 0.25) is 0 Å². The van der Waals surface area contributed by atoms with Gasteiger partial charge < -0.3 is 9.84 Å². The standard InChI is InChI=1S/C24H34O4/c1-14-12-17-18(22(3)10-8-16(13-20(14)22)28-15(2)25)9-11-23(4)19(17)6-7-21(26)24(23,5)27/h13,17-19,27H,6-12H2,1-5H3. The summed E-state index contributed by atoms with van der Waals surface area (Å²) in [5.41, 5.74) is 1.29. The van der Waals surface area contributed by atoms with Crippen molar-refractivity contribution in [3.63, 3.8) is 0 Å². The van der Waals surface area contributed by atoms with Crippen LogP contribution in [0.1, 0.15) is 79.6 Å². The van der Waals surface area contributed by atoms with E-state index in [1.165, 1.54) is 18.1 Å². The molecular formula is C24H34O4. The lowest BCUT2D eigenvalue weighted by atomic mass is 9.42. The Labute approximate surface area is 168 Å². The van der Waals surface area contributed by atoms with Gasteiger partial charge >= 0.3 is 5.97 Å². The molecule has 4 rings (SSSR count). The molecule has 0 amide bonds. The van der Waals surface area contributed by atoms with Crippen LogP contribution in [0, 0.1) is 28.6 Å². The lowest BCUT2D eigenvalue weighted by Gasteiger charge is -2.62. The number of hydrogen-bond donors (Lipinski definition) is 1. The van der Waals surface area contributed by atoms with Crippen LogP contribution < -0.4 is 0 Å². The van der Waals surface area contributed by atoms with Crippen LogP contribution in [0.15, 0.2) is 23.0 Å². The van der Waals surface area contributed by atoms with Gasteiger partial charge in [0.1, 0.15) is 11.4 Å². The first-order chi connectivity index (χ1) is 13.0. The second-order valence-corrected chi connectivity index (χ2v) is 10.4. The molecule has 0 aromatic heterocycles. The van der Waals surface area contributed by atoms with Gasteiger partial charge in [-0.2, -0.15) is 0 Å². The quantitative estimate of drug-likeness (QED) is 0.663. The number of carbonyl (C=O) groups excluding carboxylic acids is 2. The predicted molar refractivity (Wildman–Crippen MR) is 107 cm³/mol. The average Bonchev–Trinajstić information content (AvgIpc) is 2.60. The lowest BCUT2D eigenvalue weighted by molar-refractivity contribution is -0.186. The molecule has 4 aliphatic rings. The van der Waals surface area contributed by atoms with Crippen LogP contribution in [0.2, 0.25) is 0 Å². The van der Waals surface area contributed by atoms with Crippen molar-refractivity contribution < 1.29 is 19.4 Å². The minimum atomic E-state index is -1.21. The van der Waals surface area contributed by atoms with Gasteiger partial charge in [-0.15, -0.1) is 0 Å². The fourth-order valence-corrected chi connectivity index (χ4v) is 7.31. The van der Waals surface area contributed by atoms with Crippen molar-refractivity contribution in [3.8, 4) is 0 Å². The summed E-state index contributed by atoms with van der Waals surface area (Å²) < 4.78 is 5.43. The molecule has 0 aliphatic heterocycles. The number of ether oxygens (including phenoxy) is 1. The third kappa shape index (κ3) is 2.59. The molecule has 4 aliphatic carbocycles. The number of fused-ring (bicyclic) bond motifs is 5. The van der Waals surface area contributed by atoms with E-state index in [-0.39, 0.29) is 22.6 Å². The molecule has 4 nitrogen and oxygen atoms in total. The average molecular weight is 387 g/mol.